The predicted octanol–water partition coefficient (Wildman–Crippen LogP) is 16.8. The Morgan fingerprint density at radius 3 is 2.01 bits per heavy atom. The standard InChI is InChI=1S/C46H43N2OSi.C16H17FN.Ir/c1-29(2)39-26-34(32-20-23-35(24-21-32)50(5,6)7)27-40(30(3)4)44(39)48-42-19-12-11-18-41(42)47-46(48)38-17-13-16-37-36-25-22-33(28-43(36)49-45(37)38)31-14-9-8-10-15-31;1-11-10-18-15(9-14(11)16(2,3)4)12-5-7-13(17)8-6-12;/h8-16,18-30H,1-7H3;5,7-10H,1-4H3;/q2*-1;/i;1D3;. The second-order valence-corrected chi connectivity index (χ2v) is 25.5. The van der Waals surface area contributed by atoms with Crippen molar-refractivity contribution in [3.8, 4) is 50.6 Å². The van der Waals surface area contributed by atoms with Crippen molar-refractivity contribution in [2.45, 2.75) is 92.2 Å². The second-order valence-electron chi connectivity index (χ2n) is 20.5. The molecular weight excluding hydrogens is 1040 g/mol. The van der Waals surface area contributed by atoms with Gasteiger partial charge < -0.3 is 14.0 Å². The third-order valence-corrected chi connectivity index (χ3v) is 14.9. The summed E-state index contributed by atoms with van der Waals surface area (Å²) in [4.78, 5) is 9.54. The fraction of sp³-hybridized carbons (Fsp3) is 0.226. The van der Waals surface area contributed by atoms with Gasteiger partial charge in [-0.3, -0.25) is 9.37 Å². The number of aryl methyl sites for hydroxylation is 1. The monoisotopic (exact) mass is 1110 g/mol. The van der Waals surface area contributed by atoms with E-state index in [0.29, 0.717) is 16.8 Å². The zero-order valence-corrected chi connectivity index (χ0v) is 44.4. The fourth-order valence-electron chi connectivity index (χ4n) is 9.07. The van der Waals surface area contributed by atoms with Gasteiger partial charge in [0.1, 0.15) is 5.58 Å². The zero-order valence-electron chi connectivity index (χ0n) is 44.0. The Labute approximate surface area is 426 Å². The van der Waals surface area contributed by atoms with Crippen molar-refractivity contribution in [1.82, 2.24) is 14.5 Å². The molecule has 7 aromatic carbocycles. The molecule has 4 nitrogen and oxygen atoms in total. The Balaban J connectivity index is 0.000000265. The number of rotatable bonds is 8. The van der Waals surface area contributed by atoms with E-state index in [4.69, 9.17) is 13.5 Å². The van der Waals surface area contributed by atoms with Crippen LogP contribution in [0.1, 0.15) is 86.7 Å². The number of hydrogen-bond acceptors (Lipinski definition) is 3. The number of aromatic nitrogens is 3. The Morgan fingerprint density at radius 2 is 1.38 bits per heavy atom. The number of pyridine rings is 1. The van der Waals surface area contributed by atoms with Crippen LogP contribution in [0.15, 0.2) is 156 Å². The van der Waals surface area contributed by atoms with Gasteiger partial charge in [0.15, 0.2) is 0 Å². The molecule has 0 aliphatic rings. The first-order chi connectivity index (χ1) is 33.7. The maximum absolute atomic E-state index is 13.0. The molecule has 3 aromatic heterocycles. The van der Waals surface area contributed by atoms with Crippen LogP contribution in [0.4, 0.5) is 4.39 Å². The summed E-state index contributed by atoms with van der Waals surface area (Å²) in [6.45, 7) is 20.1. The van der Waals surface area contributed by atoms with E-state index in [0.717, 1.165) is 49.9 Å². The first kappa shape index (κ1) is 45.2. The quantitative estimate of drug-likeness (QED) is 0.112. The molecular formula is C62H60FIrN3OSi-2. The molecule has 351 valence electrons. The normalized spacial score (nSPS) is 12.7. The molecule has 0 N–H and O–H groups in total. The van der Waals surface area contributed by atoms with E-state index < -0.39 is 14.9 Å². The number of fused-ring (bicyclic) bond motifs is 4. The van der Waals surface area contributed by atoms with Crippen LogP contribution in [-0.4, -0.2) is 22.6 Å². The van der Waals surface area contributed by atoms with E-state index in [1.807, 2.05) is 32.9 Å². The van der Waals surface area contributed by atoms with Gasteiger partial charge in [-0.1, -0.05) is 169 Å². The van der Waals surface area contributed by atoms with Crippen molar-refractivity contribution in [2.75, 3.05) is 0 Å². The van der Waals surface area contributed by atoms with Crippen LogP contribution in [-0.2, 0) is 25.5 Å². The molecule has 10 aromatic rings. The second kappa shape index (κ2) is 19.6. The van der Waals surface area contributed by atoms with Crippen LogP contribution in [0, 0.1) is 24.8 Å². The number of hydrogen-bond donors (Lipinski definition) is 0. The maximum atomic E-state index is 13.0. The van der Waals surface area contributed by atoms with Gasteiger partial charge in [-0.15, -0.1) is 48.0 Å². The van der Waals surface area contributed by atoms with Crippen LogP contribution < -0.4 is 5.19 Å². The molecule has 1 radical (unpaired) electrons. The summed E-state index contributed by atoms with van der Waals surface area (Å²) >= 11 is 0. The van der Waals surface area contributed by atoms with Crippen LogP contribution in [0.5, 0.6) is 0 Å². The molecule has 10 rings (SSSR count). The van der Waals surface area contributed by atoms with E-state index in [1.54, 1.807) is 12.1 Å². The molecule has 0 unspecified atom stereocenters. The average molecular weight is 1110 g/mol. The topological polar surface area (TPSA) is 43.9 Å². The molecule has 0 saturated heterocycles. The van der Waals surface area contributed by atoms with Crippen molar-refractivity contribution in [3.05, 3.63) is 192 Å². The van der Waals surface area contributed by atoms with Crippen LogP contribution in [0.25, 0.3) is 83.6 Å². The summed E-state index contributed by atoms with van der Waals surface area (Å²) in [5.41, 5.74) is 15.0. The Hall–Kier alpha value is -6.24. The van der Waals surface area contributed by atoms with Gasteiger partial charge in [-0.05, 0) is 105 Å². The van der Waals surface area contributed by atoms with Gasteiger partial charge in [0.25, 0.3) is 0 Å². The van der Waals surface area contributed by atoms with Crippen molar-refractivity contribution in [1.29, 1.82) is 0 Å². The number of benzene rings is 7. The van der Waals surface area contributed by atoms with Crippen LogP contribution in [0.3, 0.4) is 0 Å². The van der Waals surface area contributed by atoms with Crippen molar-refractivity contribution in [3.63, 3.8) is 0 Å². The van der Waals surface area contributed by atoms with Crippen molar-refractivity contribution >= 4 is 46.2 Å². The number of imidazole rings is 1. The SMILES string of the molecule is CC(C)c1cc(-c2ccc([Si](C)(C)C)cc2)cc(C(C)C)c1-n1c(-c2[c-]ccc3c2oc2cc(-c4ccccc4)ccc23)nc2ccccc21.[2H]C([2H])([2H])c1cnc(-c2[c-]cc(F)cc2)cc1C(C)(C)C.[Ir]. The smallest absolute Gasteiger partial charge is 0.121 e. The molecule has 0 bridgehead atoms. The fourth-order valence-corrected chi connectivity index (χ4v) is 10.2. The zero-order chi connectivity index (χ0) is 50.6. The average Bonchev–Trinajstić information content (AvgIpc) is 3.92. The molecule has 0 aliphatic carbocycles. The molecule has 0 aliphatic heterocycles. The maximum Gasteiger partial charge on any atom is 0.121 e. The first-order valence-electron chi connectivity index (χ1n) is 25.1. The van der Waals surface area contributed by atoms with E-state index >= 15 is 0 Å². The van der Waals surface area contributed by atoms with Crippen molar-refractivity contribution in [2.24, 2.45) is 0 Å². The van der Waals surface area contributed by atoms with Gasteiger partial charge >= 0.3 is 0 Å². The first-order valence-corrected chi connectivity index (χ1v) is 27.1. The summed E-state index contributed by atoms with van der Waals surface area (Å²) in [5.74, 6) is 1.03. The Bertz CT molecular complexity index is 3520. The summed E-state index contributed by atoms with van der Waals surface area (Å²) in [7, 11) is -1.40. The molecule has 0 fully saturated rings. The van der Waals surface area contributed by atoms with Crippen molar-refractivity contribution < 1.29 is 33.0 Å². The van der Waals surface area contributed by atoms with E-state index in [-0.39, 0.29) is 48.7 Å². The number of para-hydroxylation sites is 2. The minimum atomic E-state index is -2.21. The minimum absolute atomic E-state index is 0. The Kier molecular flexibility index (Phi) is 12.9. The van der Waals surface area contributed by atoms with Gasteiger partial charge in [-0.25, -0.2) is 0 Å². The summed E-state index contributed by atoms with van der Waals surface area (Å²) in [6.07, 6.45) is 1.39. The number of halogens is 1. The minimum Gasteiger partial charge on any atom is -0.501 e. The van der Waals surface area contributed by atoms with Gasteiger partial charge in [-0.2, -0.15) is 0 Å². The van der Waals surface area contributed by atoms with Gasteiger partial charge in [0.2, 0.25) is 0 Å². The van der Waals surface area contributed by atoms with Gasteiger partial charge in [0, 0.05) is 47.3 Å². The summed E-state index contributed by atoms with van der Waals surface area (Å²) in [6, 6.07) is 56.0. The van der Waals surface area contributed by atoms with E-state index in [2.05, 4.69) is 178 Å². The molecule has 0 saturated carbocycles. The molecule has 0 atom stereocenters. The molecule has 69 heavy (non-hydrogen) atoms. The third kappa shape index (κ3) is 9.97. The van der Waals surface area contributed by atoms with Crippen LogP contribution in [0.2, 0.25) is 19.6 Å². The molecule has 0 amide bonds. The summed E-state index contributed by atoms with van der Waals surface area (Å²) in [5, 5.41) is 3.64. The van der Waals surface area contributed by atoms with E-state index in [1.165, 1.54) is 57.0 Å². The molecule has 3 heterocycles. The Morgan fingerprint density at radius 1 is 0.710 bits per heavy atom. The largest absolute Gasteiger partial charge is 0.501 e. The molecule has 0 spiro atoms. The summed E-state index contributed by atoms with van der Waals surface area (Å²) < 4.78 is 45.0. The van der Waals surface area contributed by atoms with Gasteiger partial charge in [0.05, 0.1) is 30.5 Å². The molecule has 7 heteroatoms. The third-order valence-electron chi connectivity index (χ3n) is 12.8. The van der Waals surface area contributed by atoms with Crippen LogP contribution >= 0.6 is 0 Å². The number of furan rings is 1. The number of nitrogens with zero attached hydrogens (tertiary/aromatic N) is 3. The van der Waals surface area contributed by atoms with E-state index in [9.17, 15) is 4.39 Å². The predicted molar refractivity (Wildman–Crippen MR) is 287 cm³/mol.